The van der Waals surface area contributed by atoms with Gasteiger partial charge in [-0.3, -0.25) is 14.5 Å². The first-order valence-electron chi connectivity index (χ1n) is 9.91. The molecule has 0 atom stereocenters. The van der Waals surface area contributed by atoms with Crippen LogP contribution in [0.5, 0.6) is 0 Å². The van der Waals surface area contributed by atoms with Crippen molar-refractivity contribution in [1.82, 2.24) is 29.2 Å². The zero-order valence-corrected chi connectivity index (χ0v) is 16.5. The Bertz CT molecular complexity index is 937. The van der Waals surface area contributed by atoms with Gasteiger partial charge >= 0.3 is 0 Å². The fourth-order valence-corrected chi connectivity index (χ4v) is 3.81. The summed E-state index contributed by atoms with van der Waals surface area (Å²) in [4.78, 5) is 23.4. The molecular weight excluding hydrogens is 352 g/mol. The second-order valence-electron chi connectivity index (χ2n) is 7.37. The minimum Gasteiger partial charge on any atom is -0.337 e. The number of likely N-dealkylation sites (tertiary alicyclic amines) is 1. The Labute approximate surface area is 165 Å². The van der Waals surface area contributed by atoms with Crippen molar-refractivity contribution in [3.05, 3.63) is 54.4 Å². The number of imidazole rings is 1. The van der Waals surface area contributed by atoms with Gasteiger partial charge in [-0.25, -0.2) is 4.98 Å². The van der Waals surface area contributed by atoms with Crippen LogP contribution in [0.25, 0.3) is 11.4 Å². The van der Waals surface area contributed by atoms with Crippen LogP contribution in [0.15, 0.2) is 43.0 Å². The molecule has 0 unspecified atom stereocenters. The first-order valence-corrected chi connectivity index (χ1v) is 9.91. The molecule has 0 aromatic carbocycles. The fraction of sp³-hybridized carbons (Fsp3) is 0.429. The smallest absolute Gasteiger partial charge is 0.274 e. The zero-order chi connectivity index (χ0) is 19.5. The summed E-state index contributed by atoms with van der Waals surface area (Å²) in [6, 6.07) is 5.79. The molecule has 1 aliphatic heterocycles. The van der Waals surface area contributed by atoms with Gasteiger partial charge in [-0.15, -0.1) is 0 Å². The summed E-state index contributed by atoms with van der Waals surface area (Å²) < 4.78 is 4.07. The number of piperidine rings is 1. The number of aromatic nitrogens is 5. The van der Waals surface area contributed by atoms with Crippen LogP contribution in [-0.2, 0) is 13.1 Å². The summed E-state index contributed by atoms with van der Waals surface area (Å²) in [5.41, 5.74) is 2.74. The van der Waals surface area contributed by atoms with E-state index < -0.39 is 0 Å². The van der Waals surface area contributed by atoms with Gasteiger partial charge in [0.1, 0.15) is 11.5 Å². The van der Waals surface area contributed by atoms with E-state index in [0.717, 1.165) is 56.1 Å². The standard InChI is InChI=1S/C21H26N6O/c1-3-26-12-8-19(24-26)21(28)25-10-6-17(7-11-25)15-27-16(2)13-23-20(27)18-5-4-9-22-14-18/h4-5,8-9,12-14,17H,3,6-7,10-11,15H2,1-2H3. The Morgan fingerprint density at radius 3 is 2.71 bits per heavy atom. The molecule has 1 aliphatic rings. The Morgan fingerprint density at radius 2 is 2.04 bits per heavy atom. The molecule has 7 heteroatoms. The van der Waals surface area contributed by atoms with Crippen molar-refractivity contribution in [3.63, 3.8) is 0 Å². The fourth-order valence-electron chi connectivity index (χ4n) is 3.81. The van der Waals surface area contributed by atoms with Crippen LogP contribution in [0.3, 0.4) is 0 Å². The Balaban J connectivity index is 1.40. The second-order valence-corrected chi connectivity index (χ2v) is 7.37. The van der Waals surface area contributed by atoms with Crippen molar-refractivity contribution in [2.45, 2.75) is 39.8 Å². The van der Waals surface area contributed by atoms with Gasteiger partial charge in [0.2, 0.25) is 0 Å². The number of nitrogens with zero attached hydrogens (tertiary/aromatic N) is 6. The highest BCUT2D eigenvalue weighted by molar-refractivity contribution is 5.92. The average Bonchev–Trinajstić information content (AvgIpc) is 3.36. The highest BCUT2D eigenvalue weighted by Crippen LogP contribution is 2.25. The summed E-state index contributed by atoms with van der Waals surface area (Å²) in [5.74, 6) is 1.54. The van der Waals surface area contributed by atoms with Crippen molar-refractivity contribution in [2.24, 2.45) is 5.92 Å². The third-order valence-corrected chi connectivity index (χ3v) is 5.50. The second kappa shape index (κ2) is 7.96. The number of carbonyl (C=O) groups excluding carboxylic acids is 1. The van der Waals surface area contributed by atoms with E-state index in [1.54, 1.807) is 10.9 Å². The first kappa shape index (κ1) is 18.4. The van der Waals surface area contributed by atoms with E-state index in [1.165, 1.54) is 0 Å². The molecular formula is C21H26N6O. The number of hydrogen-bond donors (Lipinski definition) is 0. The van der Waals surface area contributed by atoms with E-state index in [0.29, 0.717) is 11.6 Å². The summed E-state index contributed by atoms with van der Waals surface area (Å²) in [6.07, 6.45) is 9.40. The monoisotopic (exact) mass is 378 g/mol. The van der Waals surface area contributed by atoms with Crippen LogP contribution in [0, 0.1) is 12.8 Å². The maximum absolute atomic E-state index is 12.7. The van der Waals surface area contributed by atoms with Crippen molar-refractivity contribution in [2.75, 3.05) is 13.1 Å². The average molecular weight is 378 g/mol. The van der Waals surface area contributed by atoms with Gasteiger partial charge in [-0.1, -0.05) is 0 Å². The van der Waals surface area contributed by atoms with Crippen molar-refractivity contribution < 1.29 is 4.79 Å². The van der Waals surface area contributed by atoms with Crippen molar-refractivity contribution in [3.8, 4) is 11.4 Å². The molecule has 0 N–H and O–H groups in total. The largest absolute Gasteiger partial charge is 0.337 e. The Morgan fingerprint density at radius 1 is 1.21 bits per heavy atom. The third-order valence-electron chi connectivity index (χ3n) is 5.50. The number of hydrogen-bond acceptors (Lipinski definition) is 4. The van der Waals surface area contributed by atoms with Crippen LogP contribution in [0.2, 0.25) is 0 Å². The Kier molecular flexibility index (Phi) is 5.23. The molecule has 7 nitrogen and oxygen atoms in total. The minimum atomic E-state index is 0.0421. The van der Waals surface area contributed by atoms with Gasteiger partial charge < -0.3 is 9.47 Å². The summed E-state index contributed by atoms with van der Waals surface area (Å²) in [7, 11) is 0. The molecule has 146 valence electrons. The lowest BCUT2D eigenvalue weighted by molar-refractivity contribution is 0.0676. The van der Waals surface area contributed by atoms with Gasteiger partial charge in [0.15, 0.2) is 0 Å². The third kappa shape index (κ3) is 3.69. The molecule has 3 aromatic heterocycles. The highest BCUT2D eigenvalue weighted by atomic mass is 16.2. The molecule has 4 heterocycles. The maximum atomic E-state index is 12.7. The molecule has 4 rings (SSSR count). The van der Waals surface area contributed by atoms with Crippen molar-refractivity contribution >= 4 is 5.91 Å². The molecule has 1 saturated heterocycles. The van der Waals surface area contributed by atoms with E-state index >= 15 is 0 Å². The highest BCUT2D eigenvalue weighted by Gasteiger charge is 2.26. The number of rotatable bonds is 5. The maximum Gasteiger partial charge on any atom is 0.274 e. The normalized spacial score (nSPS) is 15.1. The first-order chi connectivity index (χ1) is 13.7. The van der Waals surface area contributed by atoms with Gasteiger partial charge in [-0.05, 0) is 50.8 Å². The van der Waals surface area contributed by atoms with E-state index in [9.17, 15) is 4.79 Å². The van der Waals surface area contributed by atoms with Gasteiger partial charge in [0, 0.05) is 62.2 Å². The van der Waals surface area contributed by atoms with Crippen LogP contribution in [0.4, 0.5) is 0 Å². The number of pyridine rings is 1. The molecule has 1 fully saturated rings. The van der Waals surface area contributed by atoms with Gasteiger partial charge in [-0.2, -0.15) is 5.10 Å². The van der Waals surface area contributed by atoms with E-state index in [2.05, 4.69) is 26.6 Å². The van der Waals surface area contributed by atoms with E-state index in [1.807, 2.05) is 48.6 Å². The van der Waals surface area contributed by atoms with Crippen LogP contribution >= 0.6 is 0 Å². The molecule has 28 heavy (non-hydrogen) atoms. The molecule has 0 spiro atoms. The lowest BCUT2D eigenvalue weighted by Crippen LogP contribution is -2.39. The Hall–Kier alpha value is -2.96. The summed E-state index contributed by atoms with van der Waals surface area (Å²) in [6.45, 7) is 7.36. The van der Waals surface area contributed by atoms with Crippen LogP contribution in [0.1, 0.15) is 35.9 Å². The summed E-state index contributed by atoms with van der Waals surface area (Å²) >= 11 is 0. The molecule has 0 radical (unpaired) electrons. The molecule has 3 aromatic rings. The topological polar surface area (TPSA) is 68.8 Å². The number of carbonyl (C=O) groups is 1. The zero-order valence-electron chi connectivity index (χ0n) is 16.5. The minimum absolute atomic E-state index is 0.0421. The molecule has 0 aliphatic carbocycles. The lowest BCUT2D eigenvalue weighted by atomic mass is 9.96. The van der Waals surface area contributed by atoms with Crippen LogP contribution < -0.4 is 0 Å². The number of aryl methyl sites for hydroxylation is 2. The predicted octanol–water partition coefficient (Wildman–Crippen LogP) is 3.02. The molecule has 0 bridgehead atoms. The quantitative estimate of drug-likeness (QED) is 0.684. The predicted molar refractivity (Wildman–Crippen MR) is 107 cm³/mol. The summed E-state index contributed by atoms with van der Waals surface area (Å²) in [5, 5.41) is 4.35. The SMILES string of the molecule is CCn1ccc(C(=O)N2CCC(Cn3c(C)cnc3-c3cccnc3)CC2)n1. The molecule has 0 saturated carbocycles. The number of amides is 1. The van der Waals surface area contributed by atoms with Gasteiger partial charge in [0.25, 0.3) is 5.91 Å². The van der Waals surface area contributed by atoms with Gasteiger partial charge in [0.05, 0.1) is 0 Å². The van der Waals surface area contributed by atoms with E-state index in [-0.39, 0.29) is 5.91 Å². The van der Waals surface area contributed by atoms with Crippen LogP contribution in [-0.4, -0.2) is 48.2 Å². The lowest BCUT2D eigenvalue weighted by Gasteiger charge is -2.32. The molecule has 1 amide bonds. The van der Waals surface area contributed by atoms with Crippen molar-refractivity contribution in [1.29, 1.82) is 0 Å². The van der Waals surface area contributed by atoms with E-state index in [4.69, 9.17) is 0 Å².